The molecule has 0 aliphatic rings. The van der Waals surface area contributed by atoms with Crippen molar-refractivity contribution < 1.29 is 4.79 Å². The van der Waals surface area contributed by atoms with Crippen LogP contribution in [0, 0.1) is 13.8 Å². The monoisotopic (exact) mass is 336 g/mol. The smallest absolute Gasteiger partial charge is 0.328 e. The molecular formula is C15H20N4O3S. The molecule has 0 spiro atoms. The minimum atomic E-state index is -0.501. The SMILES string of the molecule is CCC(NC(=O)Cc1c[nH]c(=O)n(C)c1=O)c1nc(C)c(C)s1. The standard InChI is InChI=1S/C15H20N4O3S/c1-5-11(13-17-8(2)9(3)23-13)18-12(20)6-10-7-16-15(22)19(4)14(10)21/h7,11H,5-6H2,1-4H3,(H,16,22)(H,18,20). The quantitative estimate of drug-likeness (QED) is 0.850. The molecule has 2 heterocycles. The molecule has 1 unspecified atom stereocenters. The summed E-state index contributed by atoms with van der Waals surface area (Å²) in [5.74, 6) is -0.272. The van der Waals surface area contributed by atoms with E-state index in [1.54, 1.807) is 11.3 Å². The topological polar surface area (TPSA) is 96.9 Å². The molecule has 2 rings (SSSR count). The third-order valence-corrected chi connectivity index (χ3v) is 4.88. The van der Waals surface area contributed by atoms with Crippen molar-refractivity contribution in [3.63, 3.8) is 0 Å². The summed E-state index contributed by atoms with van der Waals surface area (Å²) in [6.07, 6.45) is 1.92. The van der Waals surface area contributed by atoms with Crippen molar-refractivity contribution in [3.05, 3.63) is 48.2 Å². The number of rotatable bonds is 5. The van der Waals surface area contributed by atoms with Gasteiger partial charge in [0.05, 0.1) is 18.2 Å². The van der Waals surface area contributed by atoms with Gasteiger partial charge in [0.1, 0.15) is 5.01 Å². The number of amides is 1. The number of nitrogens with one attached hydrogen (secondary N) is 2. The Morgan fingerprint density at radius 1 is 1.43 bits per heavy atom. The lowest BCUT2D eigenvalue weighted by molar-refractivity contribution is -0.121. The Hall–Kier alpha value is -2.22. The lowest BCUT2D eigenvalue weighted by Gasteiger charge is -2.14. The highest BCUT2D eigenvalue weighted by molar-refractivity contribution is 7.11. The highest BCUT2D eigenvalue weighted by Gasteiger charge is 2.18. The van der Waals surface area contributed by atoms with Crippen LogP contribution in [0.5, 0.6) is 0 Å². The van der Waals surface area contributed by atoms with Crippen molar-refractivity contribution in [2.24, 2.45) is 7.05 Å². The van der Waals surface area contributed by atoms with Crippen molar-refractivity contribution in [2.75, 3.05) is 0 Å². The second kappa shape index (κ2) is 6.91. The van der Waals surface area contributed by atoms with Gasteiger partial charge in [-0.25, -0.2) is 9.78 Å². The average molecular weight is 336 g/mol. The van der Waals surface area contributed by atoms with Crippen LogP contribution in [0.1, 0.15) is 40.5 Å². The van der Waals surface area contributed by atoms with Crippen LogP contribution in [0.25, 0.3) is 0 Å². The summed E-state index contributed by atoms with van der Waals surface area (Å²) in [5, 5.41) is 3.77. The van der Waals surface area contributed by atoms with Crippen molar-refractivity contribution in [2.45, 2.75) is 39.7 Å². The molecule has 0 saturated carbocycles. The molecule has 1 amide bonds. The highest BCUT2D eigenvalue weighted by atomic mass is 32.1. The number of aryl methyl sites for hydroxylation is 2. The molecular weight excluding hydrogens is 316 g/mol. The summed E-state index contributed by atoms with van der Waals surface area (Å²) >= 11 is 1.56. The number of aromatic nitrogens is 3. The molecule has 7 nitrogen and oxygen atoms in total. The first-order valence-electron chi connectivity index (χ1n) is 7.34. The molecule has 23 heavy (non-hydrogen) atoms. The second-order valence-electron chi connectivity index (χ2n) is 5.38. The van der Waals surface area contributed by atoms with Gasteiger partial charge in [-0.15, -0.1) is 11.3 Å². The maximum Gasteiger partial charge on any atom is 0.328 e. The maximum atomic E-state index is 12.2. The number of H-pyrrole nitrogens is 1. The summed E-state index contributed by atoms with van der Waals surface area (Å²) in [6, 6.07) is -0.175. The number of hydrogen-bond acceptors (Lipinski definition) is 5. The van der Waals surface area contributed by atoms with Crippen molar-refractivity contribution in [1.82, 2.24) is 19.9 Å². The molecule has 0 radical (unpaired) electrons. The number of nitrogens with zero attached hydrogens (tertiary/aromatic N) is 2. The van der Waals surface area contributed by atoms with Crippen LogP contribution in [-0.2, 0) is 18.3 Å². The van der Waals surface area contributed by atoms with E-state index in [1.165, 1.54) is 13.2 Å². The fraction of sp³-hybridized carbons (Fsp3) is 0.467. The summed E-state index contributed by atoms with van der Waals surface area (Å²) in [6.45, 7) is 5.90. The first-order valence-corrected chi connectivity index (χ1v) is 8.16. The molecule has 2 aromatic rings. The fourth-order valence-electron chi connectivity index (χ4n) is 2.15. The first-order chi connectivity index (χ1) is 10.8. The summed E-state index contributed by atoms with van der Waals surface area (Å²) in [7, 11) is 1.37. The predicted molar refractivity (Wildman–Crippen MR) is 88.8 cm³/mol. The van der Waals surface area contributed by atoms with Gasteiger partial charge in [0.25, 0.3) is 5.56 Å². The van der Waals surface area contributed by atoms with Gasteiger partial charge in [0, 0.05) is 23.7 Å². The van der Waals surface area contributed by atoms with E-state index in [-0.39, 0.29) is 23.9 Å². The molecule has 0 aliphatic carbocycles. The molecule has 2 N–H and O–H groups in total. The van der Waals surface area contributed by atoms with E-state index in [0.29, 0.717) is 6.42 Å². The van der Waals surface area contributed by atoms with E-state index in [1.807, 2.05) is 20.8 Å². The predicted octanol–water partition coefficient (Wildman–Crippen LogP) is 0.957. The molecule has 8 heteroatoms. The normalized spacial score (nSPS) is 12.2. The molecule has 0 saturated heterocycles. The molecule has 1 atom stereocenters. The van der Waals surface area contributed by atoms with E-state index in [2.05, 4.69) is 15.3 Å². The second-order valence-corrected chi connectivity index (χ2v) is 6.62. The molecule has 0 fully saturated rings. The van der Waals surface area contributed by atoms with Gasteiger partial charge in [-0.05, 0) is 20.3 Å². The Balaban J connectivity index is 2.13. The molecule has 124 valence electrons. The number of hydrogen-bond donors (Lipinski definition) is 2. The Morgan fingerprint density at radius 2 is 2.13 bits per heavy atom. The Bertz CT molecular complexity index is 814. The Kier molecular flexibility index (Phi) is 5.15. The van der Waals surface area contributed by atoms with Crippen LogP contribution in [0.3, 0.4) is 0 Å². The van der Waals surface area contributed by atoms with Crippen LogP contribution in [0.15, 0.2) is 15.8 Å². The van der Waals surface area contributed by atoms with Gasteiger partial charge in [-0.3, -0.25) is 14.2 Å². The minimum Gasteiger partial charge on any atom is -0.347 e. The number of aromatic amines is 1. The zero-order valence-corrected chi connectivity index (χ0v) is 14.4. The molecule has 0 aromatic carbocycles. The zero-order valence-electron chi connectivity index (χ0n) is 13.6. The fourth-order valence-corrected chi connectivity index (χ4v) is 3.20. The maximum absolute atomic E-state index is 12.2. The van der Waals surface area contributed by atoms with Gasteiger partial charge in [0.15, 0.2) is 0 Å². The lowest BCUT2D eigenvalue weighted by atomic mass is 10.2. The van der Waals surface area contributed by atoms with Gasteiger partial charge >= 0.3 is 5.69 Å². The molecule has 0 bridgehead atoms. The van der Waals surface area contributed by atoms with E-state index >= 15 is 0 Å². The van der Waals surface area contributed by atoms with Crippen LogP contribution in [0.2, 0.25) is 0 Å². The van der Waals surface area contributed by atoms with E-state index in [0.717, 1.165) is 20.1 Å². The first kappa shape index (κ1) is 17.1. The highest BCUT2D eigenvalue weighted by Crippen LogP contribution is 2.24. The van der Waals surface area contributed by atoms with E-state index in [4.69, 9.17) is 0 Å². The Morgan fingerprint density at radius 3 is 2.70 bits per heavy atom. The average Bonchev–Trinajstić information content (AvgIpc) is 2.85. The number of carbonyl (C=O) groups excluding carboxylic acids is 1. The molecule has 2 aromatic heterocycles. The largest absolute Gasteiger partial charge is 0.347 e. The van der Waals surface area contributed by atoms with Crippen LogP contribution < -0.4 is 16.6 Å². The third-order valence-electron chi connectivity index (χ3n) is 3.69. The zero-order chi connectivity index (χ0) is 17.1. The summed E-state index contributed by atoms with van der Waals surface area (Å²) in [4.78, 5) is 43.5. The number of thiazole rings is 1. The van der Waals surface area contributed by atoms with Crippen LogP contribution >= 0.6 is 11.3 Å². The van der Waals surface area contributed by atoms with Crippen LogP contribution in [0.4, 0.5) is 0 Å². The van der Waals surface area contributed by atoms with E-state index < -0.39 is 11.2 Å². The number of carbonyl (C=O) groups is 1. The van der Waals surface area contributed by atoms with E-state index in [9.17, 15) is 14.4 Å². The van der Waals surface area contributed by atoms with Gasteiger partial charge in [0.2, 0.25) is 5.91 Å². The van der Waals surface area contributed by atoms with Gasteiger partial charge < -0.3 is 10.3 Å². The third kappa shape index (κ3) is 3.76. The summed E-state index contributed by atoms with van der Waals surface area (Å²) in [5.41, 5.74) is 0.260. The van der Waals surface area contributed by atoms with Crippen molar-refractivity contribution in [3.8, 4) is 0 Å². The van der Waals surface area contributed by atoms with Crippen LogP contribution in [-0.4, -0.2) is 20.4 Å². The Labute approximate surface area is 137 Å². The molecule has 0 aliphatic heterocycles. The van der Waals surface area contributed by atoms with Crippen molar-refractivity contribution >= 4 is 17.2 Å². The van der Waals surface area contributed by atoms with Gasteiger partial charge in [-0.2, -0.15) is 0 Å². The summed E-state index contributed by atoms with van der Waals surface area (Å²) < 4.78 is 0.952. The lowest BCUT2D eigenvalue weighted by Crippen LogP contribution is -2.37. The van der Waals surface area contributed by atoms with Crippen molar-refractivity contribution in [1.29, 1.82) is 0 Å². The minimum absolute atomic E-state index is 0.0801. The van der Waals surface area contributed by atoms with Gasteiger partial charge in [-0.1, -0.05) is 6.92 Å².